The summed E-state index contributed by atoms with van der Waals surface area (Å²) < 4.78 is 6.64. The van der Waals surface area contributed by atoms with Crippen molar-refractivity contribution in [1.29, 1.82) is 0 Å². The lowest BCUT2D eigenvalue weighted by molar-refractivity contribution is -0.143. The number of methoxy groups -OCH3 is 1. The number of amides is 1. The molecule has 7 heteroatoms. The molecule has 150 valence electrons. The minimum absolute atomic E-state index is 0.00965. The lowest BCUT2D eigenvalue weighted by Crippen LogP contribution is -2.39. The third-order valence-electron chi connectivity index (χ3n) is 5.56. The molecule has 0 radical (unpaired) electrons. The van der Waals surface area contributed by atoms with Gasteiger partial charge in [-0.15, -0.1) is 5.10 Å². The zero-order valence-electron chi connectivity index (χ0n) is 16.8. The van der Waals surface area contributed by atoms with Crippen LogP contribution in [0.4, 0.5) is 0 Å². The maximum absolute atomic E-state index is 12.6. The molecular formula is C21H28N4O3. The fraction of sp³-hybridized carbons (Fsp3) is 0.524. The second-order valence-electron chi connectivity index (χ2n) is 7.50. The van der Waals surface area contributed by atoms with Crippen LogP contribution in [-0.2, 0) is 27.3 Å². The van der Waals surface area contributed by atoms with Crippen LogP contribution < -0.4 is 0 Å². The quantitative estimate of drug-likeness (QED) is 0.740. The van der Waals surface area contributed by atoms with Crippen LogP contribution >= 0.6 is 0 Å². The van der Waals surface area contributed by atoms with Gasteiger partial charge in [-0.25, -0.2) is 4.68 Å². The maximum atomic E-state index is 12.6. The van der Waals surface area contributed by atoms with E-state index in [9.17, 15) is 9.59 Å². The SMILES string of the molecule is COC(=O)CCC(=O)N1CCc2nnn(Cc3ccccc3)c2[C@H](C)[C@@H](C)C1. The molecule has 0 bridgehead atoms. The van der Waals surface area contributed by atoms with E-state index in [1.54, 1.807) is 0 Å². The highest BCUT2D eigenvalue weighted by Gasteiger charge is 2.29. The van der Waals surface area contributed by atoms with Crippen LogP contribution in [0.1, 0.15) is 49.6 Å². The fourth-order valence-electron chi connectivity index (χ4n) is 3.71. The van der Waals surface area contributed by atoms with Gasteiger partial charge in [-0.2, -0.15) is 0 Å². The molecule has 0 unspecified atom stereocenters. The fourth-order valence-corrected chi connectivity index (χ4v) is 3.71. The van der Waals surface area contributed by atoms with E-state index >= 15 is 0 Å². The number of hydrogen-bond donors (Lipinski definition) is 0. The third kappa shape index (κ3) is 4.58. The van der Waals surface area contributed by atoms with Crippen molar-refractivity contribution in [1.82, 2.24) is 19.9 Å². The number of nitrogens with zero attached hydrogens (tertiary/aromatic N) is 4. The number of aromatic nitrogens is 3. The number of esters is 1. The highest BCUT2D eigenvalue weighted by Crippen LogP contribution is 2.30. The van der Waals surface area contributed by atoms with Crippen molar-refractivity contribution in [2.45, 2.75) is 45.6 Å². The summed E-state index contributed by atoms with van der Waals surface area (Å²) in [6.07, 6.45) is 0.973. The van der Waals surface area contributed by atoms with Crippen molar-refractivity contribution in [2.24, 2.45) is 5.92 Å². The molecule has 1 amide bonds. The zero-order chi connectivity index (χ0) is 20.1. The zero-order valence-corrected chi connectivity index (χ0v) is 16.8. The van der Waals surface area contributed by atoms with E-state index in [0.717, 1.165) is 11.4 Å². The Morgan fingerprint density at radius 3 is 2.64 bits per heavy atom. The second kappa shape index (κ2) is 8.99. The molecule has 1 aliphatic heterocycles. The monoisotopic (exact) mass is 384 g/mol. The average molecular weight is 384 g/mol. The molecule has 1 aliphatic rings. The molecule has 2 heterocycles. The maximum Gasteiger partial charge on any atom is 0.306 e. The van der Waals surface area contributed by atoms with Crippen LogP contribution in [-0.4, -0.2) is 52.0 Å². The second-order valence-corrected chi connectivity index (χ2v) is 7.50. The van der Waals surface area contributed by atoms with E-state index < -0.39 is 0 Å². The van der Waals surface area contributed by atoms with Crippen molar-refractivity contribution in [3.05, 3.63) is 47.3 Å². The number of benzene rings is 1. The molecule has 1 aromatic heterocycles. The minimum Gasteiger partial charge on any atom is -0.469 e. The molecule has 3 rings (SSSR count). The van der Waals surface area contributed by atoms with Crippen molar-refractivity contribution >= 4 is 11.9 Å². The Balaban J connectivity index is 1.75. The average Bonchev–Trinajstić information content (AvgIpc) is 3.09. The number of rotatable bonds is 5. The van der Waals surface area contributed by atoms with Gasteiger partial charge in [-0.3, -0.25) is 9.59 Å². The summed E-state index contributed by atoms with van der Waals surface area (Å²) in [5.74, 6) is 0.122. The van der Waals surface area contributed by atoms with Gasteiger partial charge in [0.05, 0.1) is 31.5 Å². The van der Waals surface area contributed by atoms with Crippen molar-refractivity contribution < 1.29 is 14.3 Å². The van der Waals surface area contributed by atoms with Gasteiger partial charge in [-0.05, 0) is 11.5 Å². The molecule has 2 aromatic rings. The van der Waals surface area contributed by atoms with Crippen LogP contribution in [0.2, 0.25) is 0 Å². The van der Waals surface area contributed by atoms with Crippen molar-refractivity contribution in [3.8, 4) is 0 Å². The molecule has 28 heavy (non-hydrogen) atoms. The first-order valence-corrected chi connectivity index (χ1v) is 9.80. The van der Waals surface area contributed by atoms with Gasteiger partial charge in [0.15, 0.2) is 0 Å². The summed E-state index contributed by atoms with van der Waals surface area (Å²) >= 11 is 0. The van der Waals surface area contributed by atoms with Crippen molar-refractivity contribution in [2.75, 3.05) is 20.2 Å². The first-order chi connectivity index (χ1) is 13.5. The molecule has 7 nitrogen and oxygen atoms in total. The third-order valence-corrected chi connectivity index (χ3v) is 5.56. The lowest BCUT2D eigenvalue weighted by atomic mass is 9.88. The van der Waals surface area contributed by atoms with Gasteiger partial charge in [0.2, 0.25) is 5.91 Å². The normalized spacial score (nSPS) is 19.5. The Kier molecular flexibility index (Phi) is 6.44. The molecule has 0 saturated heterocycles. The predicted molar refractivity (Wildman–Crippen MR) is 105 cm³/mol. The standard InChI is InChI=1S/C21H28N4O3/c1-15-13-24(19(26)9-10-20(27)28-3)12-11-18-21(16(15)2)25(23-22-18)14-17-7-5-4-6-8-17/h4-8,15-16H,9-14H2,1-3H3/t15-,16+/m0/s1. The van der Waals surface area contributed by atoms with Crippen LogP contribution in [0.5, 0.6) is 0 Å². The van der Waals surface area contributed by atoms with E-state index in [1.807, 2.05) is 27.8 Å². The molecule has 0 N–H and O–H groups in total. The van der Waals surface area contributed by atoms with Gasteiger partial charge >= 0.3 is 5.97 Å². The summed E-state index contributed by atoms with van der Waals surface area (Å²) in [7, 11) is 1.34. The van der Waals surface area contributed by atoms with Crippen molar-refractivity contribution in [3.63, 3.8) is 0 Å². The van der Waals surface area contributed by atoms with Crippen LogP contribution in [0, 0.1) is 5.92 Å². The summed E-state index contributed by atoms with van der Waals surface area (Å²) in [5, 5.41) is 8.83. The van der Waals surface area contributed by atoms with Gasteiger partial charge in [-0.1, -0.05) is 49.4 Å². The van der Waals surface area contributed by atoms with E-state index in [4.69, 9.17) is 0 Å². The van der Waals surface area contributed by atoms with Crippen LogP contribution in [0.3, 0.4) is 0 Å². The first kappa shape index (κ1) is 20.0. The molecule has 0 aliphatic carbocycles. The predicted octanol–water partition coefficient (Wildman–Crippen LogP) is 2.40. The van der Waals surface area contributed by atoms with E-state index in [0.29, 0.717) is 26.1 Å². The minimum atomic E-state index is -0.354. The molecule has 0 saturated carbocycles. The molecular weight excluding hydrogens is 356 g/mol. The smallest absolute Gasteiger partial charge is 0.306 e. The molecule has 2 atom stereocenters. The Labute approximate surface area is 165 Å². The van der Waals surface area contributed by atoms with Crippen LogP contribution in [0.25, 0.3) is 0 Å². The number of hydrogen-bond acceptors (Lipinski definition) is 5. The number of carbonyl (C=O) groups excluding carboxylic acids is 2. The Hall–Kier alpha value is -2.70. The number of fused-ring (bicyclic) bond motifs is 1. The number of carbonyl (C=O) groups is 2. The summed E-state index contributed by atoms with van der Waals surface area (Å²) in [6.45, 7) is 6.28. The Morgan fingerprint density at radius 1 is 1.18 bits per heavy atom. The van der Waals surface area contributed by atoms with Crippen LogP contribution in [0.15, 0.2) is 30.3 Å². The Bertz CT molecular complexity index is 818. The largest absolute Gasteiger partial charge is 0.469 e. The van der Waals surface area contributed by atoms with E-state index in [2.05, 4.69) is 41.0 Å². The summed E-state index contributed by atoms with van der Waals surface area (Å²) in [4.78, 5) is 25.8. The van der Waals surface area contributed by atoms with Gasteiger partial charge in [0.1, 0.15) is 0 Å². The van der Waals surface area contributed by atoms with E-state index in [-0.39, 0.29) is 36.6 Å². The molecule has 1 aromatic carbocycles. The van der Waals surface area contributed by atoms with E-state index in [1.165, 1.54) is 12.7 Å². The Morgan fingerprint density at radius 2 is 1.93 bits per heavy atom. The molecule has 0 spiro atoms. The molecule has 0 fully saturated rings. The topological polar surface area (TPSA) is 77.3 Å². The summed E-state index contributed by atoms with van der Waals surface area (Å²) in [5.41, 5.74) is 3.32. The van der Waals surface area contributed by atoms with Gasteiger partial charge < -0.3 is 9.64 Å². The number of ether oxygens (including phenoxy) is 1. The van der Waals surface area contributed by atoms with Gasteiger partial charge in [0.25, 0.3) is 0 Å². The van der Waals surface area contributed by atoms with Gasteiger partial charge in [0, 0.05) is 31.8 Å². The highest BCUT2D eigenvalue weighted by molar-refractivity contribution is 5.81. The highest BCUT2D eigenvalue weighted by atomic mass is 16.5. The summed E-state index contributed by atoms with van der Waals surface area (Å²) in [6, 6.07) is 10.2. The lowest BCUT2D eigenvalue weighted by Gasteiger charge is -2.32. The first-order valence-electron chi connectivity index (χ1n) is 9.80.